The predicted molar refractivity (Wildman–Crippen MR) is 86.8 cm³/mol. The van der Waals surface area contributed by atoms with Gasteiger partial charge in [0.15, 0.2) is 0 Å². The molecule has 22 heavy (non-hydrogen) atoms. The minimum atomic E-state index is -0.146. The molecule has 1 aliphatic heterocycles. The van der Waals surface area contributed by atoms with Crippen LogP contribution in [0.5, 0.6) is 0 Å². The number of hydrogen-bond donors (Lipinski definition) is 1. The lowest BCUT2D eigenvalue weighted by Crippen LogP contribution is -2.47. The lowest BCUT2D eigenvalue weighted by atomic mass is 9.90. The van der Waals surface area contributed by atoms with Crippen LogP contribution in [0.1, 0.15) is 29.9 Å². The van der Waals surface area contributed by atoms with E-state index in [0.29, 0.717) is 12.5 Å². The van der Waals surface area contributed by atoms with Crippen LogP contribution in [0.2, 0.25) is 0 Å². The predicted octanol–water partition coefficient (Wildman–Crippen LogP) is 1.97. The van der Waals surface area contributed by atoms with E-state index in [9.17, 15) is 9.59 Å². The van der Waals surface area contributed by atoms with Crippen LogP contribution in [0, 0.1) is 6.92 Å². The van der Waals surface area contributed by atoms with Gasteiger partial charge in [-0.25, -0.2) is 4.79 Å². The van der Waals surface area contributed by atoms with E-state index in [1.807, 2.05) is 4.90 Å². The normalized spacial score (nSPS) is 18.0. The van der Waals surface area contributed by atoms with Gasteiger partial charge in [0.05, 0.1) is 6.54 Å². The SMILES string of the molecule is Cc1cccc([C@H]2CCCN(C(=O)NCC(=O)N(C)C)C2)c1. The second kappa shape index (κ2) is 7.29. The van der Waals surface area contributed by atoms with Crippen LogP contribution >= 0.6 is 0 Å². The van der Waals surface area contributed by atoms with E-state index in [1.165, 1.54) is 16.0 Å². The van der Waals surface area contributed by atoms with Gasteiger partial charge in [-0.2, -0.15) is 0 Å². The van der Waals surface area contributed by atoms with Crippen molar-refractivity contribution in [3.05, 3.63) is 35.4 Å². The molecule has 0 aliphatic carbocycles. The number of carbonyl (C=O) groups is 2. The average Bonchev–Trinajstić information content (AvgIpc) is 2.52. The van der Waals surface area contributed by atoms with Gasteiger partial charge in [0.1, 0.15) is 0 Å². The number of piperidine rings is 1. The van der Waals surface area contributed by atoms with Gasteiger partial charge in [-0.1, -0.05) is 29.8 Å². The van der Waals surface area contributed by atoms with Gasteiger partial charge < -0.3 is 15.1 Å². The van der Waals surface area contributed by atoms with Gasteiger partial charge >= 0.3 is 6.03 Å². The van der Waals surface area contributed by atoms with E-state index < -0.39 is 0 Å². The number of nitrogens with one attached hydrogen (secondary N) is 1. The molecule has 0 unspecified atom stereocenters. The zero-order valence-corrected chi connectivity index (χ0v) is 13.6. The minimum Gasteiger partial charge on any atom is -0.347 e. The fourth-order valence-electron chi connectivity index (χ4n) is 2.78. The highest BCUT2D eigenvalue weighted by atomic mass is 16.2. The van der Waals surface area contributed by atoms with Crippen LogP contribution in [0.25, 0.3) is 0 Å². The van der Waals surface area contributed by atoms with Crippen molar-refractivity contribution in [2.75, 3.05) is 33.7 Å². The lowest BCUT2D eigenvalue weighted by Gasteiger charge is -2.33. The standard InChI is InChI=1S/C17H25N3O2/c1-13-6-4-7-14(10-13)15-8-5-9-20(12-15)17(22)18-11-16(21)19(2)3/h4,6-7,10,15H,5,8-9,11-12H2,1-3H3,(H,18,22)/t15-/m0/s1. The molecule has 1 heterocycles. The molecule has 120 valence electrons. The Bertz CT molecular complexity index is 542. The summed E-state index contributed by atoms with van der Waals surface area (Å²) >= 11 is 0. The van der Waals surface area contributed by atoms with Gasteiger partial charge in [0, 0.05) is 33.1 Å². The van der Waals surface area contributed by atoms with Crippen molar-refractivity contribution in [3.8, 4) is 0 Å². The zero-order valence-electron chi connectivity index (χ0n) is 13.6. The van der Waals surface area contributed by atoms with Gasteiger partial charge in [0.2, 0.25) is 5.91 Å². The summed E-state index contributed by atoms with van der Waals surface area (Å²) in [5, 5.41) is 2.71. The van der Waals surface area contributed by atoms with Crippen molar-refractivity contribution in [1.29, 1.82) is 0 Å². The Morgan fingerprint density at radius 1 is 1.36 bits per heavy atom. The first kappa shape index (κ1) is 16.3. The van der Waals surface area contributed by atoms with Crippen LogP contribution in [-0.2, 0) is 4.79 Å². The van der Waals surface area contributed by atoms with Crippen LogP contribution in [0.4, 0.5) is 4.79 Å². The molecule has 3 amide bonds. The molecular weight excluding hydrogens is 278 g/mol. The fraction of sp³-hybridized carbons (Fsp3) is 0.529. The largest absolute Gasteiger partial charge is 0.347 e. The summed E-state index contributed by atoms with van der Waals surface area (Å²) in [5.74, 6) is 0.282. The number of likely N-dealkylation sites (N-methyl/N-ethyl adjacent to an activating group) is 1. The Labute approximate surface area is 132 Å². The summed E-state index contributed by atoms with van der Waals surface area (Å²) < 4.78 is 0. The summed E-state index contributed by atoms with van der Waals surface area (Å²) in [6.45, 7) is 3.61. The molecule has 5 heteroatoms. The number of aryl methyl sites for hydroxylation is 1. The van der Waals surface area contributed by atoms with Crippen molar-refractivity contribution in [1.82, 2.24) is 15.1 Å². The molecular formula is C17H25N3O2. The molecule has 1 fully saturated rings. The second-order valence-electron chi connectivity index (χ2n) is 6.15. The molecule has 2 rings (SSSR count). The fourth-order valence-corrected chi connectivity index (χ4v) is 2.78. The zero-order chi connectivity index (χ0) is 16.1. The average molecular weight is 303 g/mol. The molecule has 1 N–H and O–H groups in total. The molecule has 1 aromatic carbocycles. The third kappa shape index (κ3) is 4.23. The summed E-state index contributed by atoms with van der Waals surface area (Å²) in [4.78, 5) is 27.1. The number of hydrogen-bond acceptors (Lipinski definition) is 2. The Morgan fingerprint density at radius 3 is 2.82 bits per heavy atom. The molecule has 1 atom stereocenters. The molecule has 0 radical (unpaired) electrons. The van der Waals surface area contributed by atoms with Crippen molar-refractivity contribution < 1.29 is 9.59 Å². The van der Waals surface area contributed by atoms with Crippen molar-refractivity contribution in [2.24, 2.45) is 0 Å². The Morgan fingerprint density at radius 2 is 2.14 bits per heavy atom. The third-order valence-electron chi connectivity index (χ3n) is 4.11. The third-order valence-corrected chi connectivity index (χ3v) is 4.11. The molecule has 5 nitrogen and oxygen atoms in total. The Kier molecular flexibility index (Phi) is 5.41. The van der Waals surface area contributed by atoms with E-state index in [-0.39, 0.29) is 18.5 Å². The molecule has 0 aromatic heterocycles. The maximum absolute atomic E-state index is 12.2. The van der Waals surface area contributed by atoms with Crippen LogP contribution < -0.4 is 5.32 Å². The summed E-state index contributed by atoms with van der Waals surface area (Å²) in [5.41, 5.74) is 2.54. The molecule has 1 aliphatic rings. The summed E-state index contributed by atoms with van der Waals surface area (Å²) in [6.07, 6.45) is 2.09. The van der Waals surface area contributed by atoms with Gasteiger partial charge in [-0.15, -0.1) is 0 Å². The van der Waals surface area contributed by atoms with E-state index in [2.05, 4.69) is 36.5 Å². The number of urea groups is 1. The van der Waals surface area contributed by atoms with E-state index in [0.717, 1.165) is 19.4 Å². The first-order valence-electron chi connectivity index (χ1n) is 7.77. The van der Waals surface area contributed by atoms with E-state index in [1.54, 1.807) is 14.1 Å². The quantitative estimate of drug-likeness (QED) is 0.928. The minimum absolute atomic E-state index is 0.0530. The highest BCUT2D eigenvalue weighted by molar-refractivity contribution is 5.83. The first-order valence-corrected chi connectivity index (χ1v) is 7.77. The van der Waals surface area contributed by atoms with Crippen molar-refractivity contribution in [3.63, 3.8) is 0 Å². The number of likely N-dealkylation sites (tertiary alicyclic amines) is 1. The number of amides is 3. The molecule has 1 saturated heterocycles. The maximum atomic E-state index is 12.2. The number of rotatable bonds is 3. The number of nitrogens with zero attached hydrogens (tertiary/aromatic N) is 2. The van der Waals surface area contributed by atoms with Gasteiger partial charge in [-0.05, 0) is 25.3 Å². The van der Waals surface area contributed by atoms with Gasteiger partial charge in [-0.3, -0.25) is 4.79 Å². The highest BCUT2D eigenvalue weighted by Gasteiger charge is 2.25. The van der Waals surface area contributed by atoms with Gasteiger partial charge in [0.25, 0.3) is 0 Å². The summed E-state index contributed by atoms with van der Waals surface area (Å²) in [7, 11) is 3.37. The van der Waals surface area contributed by atoms with E-state index in [4.69, 9.17) is 0 Å². The van der Waals surface area contributed by atoms with Crippen molar-refractivity contribution in [2.45, 2.75) is 25.7 Å². The number of carbonyl (C=O) groups excluding carboxylic acids is 2. The maximum Gasteiger partial charge on any atom is 0.317 e. The van der Waals surface area contributed by atoms with Crippen LogP contribution in [0.15, 0.2) is 24.3 Å². The molecule has 0 bridgehead atoms. The second-order valence-corrected chi connectivity index (χ2v) is 6.15. The Balaban J connectivity index is 1.92. The van der Waals surface area contributed by atoms with E-state index >= 15 is 0 Å². The number of benzene rings is 1. The Hall–Kier alpha value is -2.04. The molecule has 0 spiro atoms. The molecule has 1 aromatic rings. The monoisotopic (exact) mass is 303 g/mol. The summed E-state index contributed by atoms with van der Waals surface area (Å²) in [6, 6.07) is 8.34. The highest BCUT2D eigenvalue weighted by Crippen LogP contribution is 2.27. The first-order chi connectivity index (χ1) is 10.5. The topological polar surface area (TPSA) is 52.7 Å². The van der Waals surface area contributed by atoms with Crippen LogP contribution in [-0.4, -0.2) is 55.5 Å². The molecule has 0 saturated carbocycles. The smallest absolute Gasteiger partial charge is 0.317 e. The lowest BCUT2D eigenvalue weighted by molar-refractivity contribution is -0.127. The van der Waals surface area contributed by atoms with Crippen LogP contribution in [0.3, 0.4) is 0 Å². The van der Waals surface area contributed by atoms with Crippen molar-refractivity contribution >= 4 is 11.9 Å².